The third-order valence-electron chi connectivity index (χ3n) is 7.80. The number of anilines is 1. The van der Waals surface area contributed by atoms with Gasteiger partial charge in [-0.05, 0) is 48.9 Å². The van der Waals surface area contributed by atoms with Crippen molar-refractivity contribution < 1.29 is 33.4 Å². The highest BCUT2D eigenvalue weighted by molar-refractivity contribution is 8.93. The highest BCUT2D eigenvalue weighted by Crippen LogP contribution is 2.42. The van der Waals surface area contributed by atoms with E-state index >= 15 is 4.39 Å². The average molecular weight is 678 g/mol. The van der Waals surface area contributed by atoms with Gasteiger partial charge in [0, 0.05) is 37.7 Å². The molecule has 2 heterocycles. The molecule has 44 heavy (non-hydrogen) atoms. The Labute approximate surface area is 268 Å². The monoisotopic (exact) mass is 676 g/mol. The number of ether oxygens (including phenoxy) is 2. The highest BCUT2D eigenvalue weighted by Gasteiger charge is 2.42. The van der Waals surface area contributed by atoms with Crippen LogP contribution in [0.4, 0.5) is 10.1 Å². The van der Waals surface area contributed by atoms with E-state index in [-0.39, 0.29) is 72.5 Å². The van der Waals surface area contributed by atoms with Crippen LogP contribution in [0.2, 0.25) is 0 Å². The first-order valence-electron chi connectivity index (χ1n) is 14.6. The highest BCUT2D eigenvalue weighted by atomic mass is 79.9. The van der Waals surface area contributed by atoms with Gasteiger partial charge in [0.25, 0.3) is 5.91 Å². The molecule has 1 amide bonds. The van der Waals surface area contributed by atoms with E-state index in [2.05, 4.69) is 5.32 Å². The van der Waals surface area contributed by atoms with Crippen molar-refractivity contribution in [3.05, 3.63) is 52.6 Å². The maximum atomic E-state index is 15.5. The Morgan fingerprint density at radius 2 is 1.91 bits per heavy atom. The number of para-hydroxylation sites is 1. The van der Waals surface area contributed by atoms with Gasteiger partial charge in [-0.25, -0.2) is 4.39 Å². The molecule has 2 aromatic carbocycles. The predicted octanol–water partition coefficient (Wildman–Crippen LogP) is 4.89. The Bertz CT molecular complexity index is 1410. The minimum absolute atomic E-state index is 0. The summed E-state index contributed by atoms with van der Waals surface area (Å²) < 4.78 is 27.3. The first-order valence-corrected chi connectivity index (χ1v) is 14.6. The Kier molecular flexibility index (Phi) is 11.4. The molecule has 0 radical (unpaired) electrons. The quantitative estimate of drug-likeness (QED) is 0.271. The molecular formula is C32H42BrFN4O6. The number of nitrogens with one attached hydrogen (secondary N) is 2. The zero-order chi connectivity index (χ0) is 31.5. The molecule has 2 aliphatic rings. The number of amidine groups is 1. The van der Waals surface area contributed by atoms with Gasteiger partial charge in [0.05, 0.1) is 31.0 Å². The first-order chi connectivity index (χ1) is 20.4. The third-order valence-corrected chi connectivity index (χ3v) is 7.80. The SMILES string of the molecule is Br.CCOc1cc2c(cc1C(=O)NC)C(=N)N(CC(=O)C1C(F)CCN1c1cccc(C(C)(C)C)c1OCCCC(=O)O)C2. The summed E-state index contributed by atoms with van der Waals surface area (Å²) in [5.74, 6) is -0.590. The number of carboxylic acids is 1. The summed E-state index contributed by atoms with van der Waals surface area (Å²) in [7, 11) is 1.52. The van der Waals surface area contributed by atoms with Crippen molar-refractivity contribution >= 4 is 46.2 Å². The molecule has 0 aromatic heterocycles. The molecule has 2 aromatic rings. The van der Waals surface area contributed by atoms with E-state index in [9.17, 15) is 14.4 Å². The number of halogens is 2. The van der Waals surface area contributed by atoms with Gasteiger partial charge in [-0.3, -0.25) is 19.8 Å². The first kappa shape index (κ1) is 34.8. The molecule has 0 saturated carbocycles. The van der Waals surface area contributed by atoms with E-state index in [4.69, 9.17) is 20.0 Å². The number of nitrogens with zero attached hydrogens (tertiary/aromatic N) is 2. The standard InChI is InChI=1S/C32H41FN4O6.BrH/c1-6-42-26-15-19-17-36(30(34)20(19)16-21(26)31(41)35-5)18-25(38)28-23(33)12-13-37(28)24-10-7-9-22(32(2,3)4)29(24)43-14-8-11-27(39)40;/h7,9-10,15-16,23,28,34H,6,8,11-14,17-18H2,1-5H3,(H,35,41)(H,39,40);1H. The van der Waals surface area contributed by atoms with E-state index in [1.807, 2.05) is 45.9 Å². The number of Topliss-reactive ketones (excluding diaryl/α,β-unsaturated/α-hetero) is 1. The smallest absolute Gasteiger partial charge is 0.303 e. The van der Waals surface area contributed by atoms with Crippen molar-refractivity contribution in [2.45, 2.75) is 71.1 Å². The Balaban J connectivity index is 0.00000529. The Morgan fingerprint density at radius 1 is 1.18 bits per heavy atom. The minimum Gasteiger partial charge on any atom is -0.493 e. The number of amides is 1. The van der Waals surface area contributed by atoms with Crippen molar-refractivity contribution in [1.82, 2.24) is 10.2 Å². The van der Waals surface area contributed by atoms with Crippen LogP contribution in [-0.4, -0.2) is 79.1 Å². The number of alkyl halides is 1. The third kappa shape index (κ3) is 7.34. The summed E-state index contributed by atoms with van der Waals surface area (Å²) in [5.41, 5.74) is 2.74. The average Bonchev–Trinajstić information content (AvgIpc) is 3.48. The summed E-state index contributed by atoms with van der Waals surface area (Å²) in [6.45, 7) is 8.83. The number of benzene rings is 2. The summed E-state index contributed by atoms with van der Waals surface area (Å²) in [4.78, 5) is 40.6. The van der Waals surface area contributed by atoms with Crippen LogP contribution < -0.4 is 19.7 Å². The lowest BCUT2D eigenvalue weighted by atomic mass is 9.85. The maximum Gasteiger partial charge on any atom is 0.303 e. The molecule has 4 rings (SSSR count). The van der Waals surface area contributed by atoms with Crippen LogP contribution >= 0.6 is 17.0 Å². The lowest BCUT2D eigenvalue weighted by molar-refractivity contribution is -0.137. The van der Waals surface area contributed by atoms with Crippen molar-refractivity contribution in [2.75, 3.05) is 38.3 Å². The predicted molar refractivity (Wildman–Crippen MR) is 172 cm³/mol. The number of carbonyl (C=O) groups is 3. The molecule has 240 valence electrons. The molecule has 2 unspecified atom stereocenters. The molecule has 12 heteroatoms. The van der Waals surface area contributed by atoms with Gasteiger partial charge in [0.2, 0.25) is 0 Å². The number of hydrogen-bond donors (Lipinski definition) is 3. The van der Waals surface area contributed by atoms with Gasteiger partial charge in [-0.2, -0.15) is 0 Å². The number of carboxylic acid groups (broad SMARTS) is 1. The molecule has 1 fully saturated rings. The fourth-order valence-corrected chi connectivity index (χ4v) is 5.72. The number of rotatable bonds is 12. The minimum atomic E-state index is -1.41. The molecule has 1 saturated heterocycles. The summed E-state index contributed by atoms with van der Waals surface area (Å²) >= 11 is 0. The molecule has 2 aliphatic heterocycles. The summed E-state index contributed by atoms with van der Waals surface area (Å²) in [6, 6.07) is 7.87. The summed E-state index contributed by atoms with van der Waals surface area (Å²) in [6.07, 6.45) is -0.967. The van der Waals surface area contributed by atoms with Gasteiger partial charge in [0.15, 0.2) is 5.78 Å². The summed E-state index contributed by atoms with van der Waals surface area (Å²) in [5, 5.41) is 20.4. The Morgan fingerprint density at radius 3 is 2.55 bits per heavy atom. The number of ketones is 1. The second-order valence-electron chi connectivity index (χ2n) is 11.9. The largest absolute Gasteiger partial charge is 0.493 e. The van der Waals surface area contributed by atoms with E-state index in [0.717, 1.165) is 11.1 Å². The molecular weight excluding hydrogens is 635 g/mol. The van der Waals surface area contributed by atoms with Crippen LogP contribution in [0.15, 0.2) is 30.3 Å². The normalized spacial score (nSPS) is 17.6. The van der Waals surface area contributed by atoms with Crippen LogP contribution in [0.3, 0.4) is 0 Å². The van der Waals surface area contributed by atoms with Crippen molar-refractivity contribution in [1.29, 1.82) is 5.41 Å². The topological polar surface area (TPSA) is 132 Å². The number of carbonyl (C=O) groups excluding carboxylic acids is 2. The lowest BCUT2D eigenvalue weighted by Crippen LogP contribution is -2.46. The van der Waals surface area contributed by atoms with Crippen molar-refractivity contribution in [3.63, 3.8) is 0 Å². The van der Waals surface area contributed by atoms with E-state index < -0.39 is 18.2 Å². The molecule has 3 N–H and O–H groups in total. The molecule has 0 bridgehead atoms. The van der Waals surface area contributed by atoms with Gasteiger partial charge in [0.1, 0.15) is 29.5 Å². The zero-order valence-corrected chi connectivity index (χ0v) is 27.6. The molecule has 10 nitrogen and oxygen atoms in total. The molecule has 2 atom stereocenters. The van der Waals surface area contributed by atoms with Gasteiger partial charge in [-0.1, -0.05) is 32.9 Å². The molecule has 0 spiro atoms. The lowest BCUT2D eigenvalue weighted by Gasteiger charge is -2.32. The van der Waals surface area contributed by atoms with E-state index in [1.165, 1.54) is 7.05 Å². The second-order valence-corrected chi connectivity index (χ2v) is 11.9. The van der Waals surface area contributed by atoms with Crippen molar-refractivity contribution in [3.8, 4) is 11.5 Å². The fourth-order valence-electron chi connectivity index (χ4n) is 5.72. The number of hydrogen-bond acceptors (Lipinski definition) is 7. The van der Waals surface area contributed by atoms with E-state index in [1.54, 1.807) is 21.9 Å². The van der Waals surface area contributed by atoms with Crippen LogP contribution in [0.5, 0.6) is 11.5 Å². The van der Waals surface area contributed by atoms with Crippen LogP contribution in [0, 0.1) is 5.41 Å². The van der Waals surface area contributed by atoms with Gasteiger partial charge >= 0.3 is 5.97 Å². The van der Waals surface area contributed by atoms with Crippen molar-refractivity contribution in [2.24, 2.45) is 0 Å². The van der Waals surface area contributed by atoms with Gasteiger partial charge in [-0.15, -0.1) is 17.0 Å². The van der Waals surface area contributed by atoms with E-state index in [0.29, 0.717) is 47.9 Å². The maximum absolute atomic E-state index is 15.5. The second kappa shape index (κ2) is 14.4. The van der Waals surface area contributed by atoms with Crippen LogP contribution in [0.25, 0.3) is 0 Å². The Hall–Kier alpha value is -3.67. The number of fused-ring (bicyclic) bond motifs is 1. The van der Waals surface area contributed by atoms with Crippen LogP contribution in [0.1, 0.15) is 74.0 Å². The number of aliphatic carboxylic acids is 1. The zero-order valence-electron chi connectivity index (χ0n) is 25.9. The molecule has 0 aliphatic carbocycles. The van der Waals surface area contributed by atoms with Crippen LogP contribution in [-0.2, 0) is 21.5 Å². The van der Waals surface area contributed by atoms with Gasteiger partial charge < -0.3 is 29.7 Å². The fraction of sp³-hybridized carbons (Fsp3) is 0.500.